The lowest BCUT2D eigenvalue weighted by Crippen LogP contribution is -2.31. The van der Waals surface area contributed by atoms with Gasteiger partial charge in [0.1, 0.15) is 5.82 Å². The molecule has 1 N–H and O–H groups in total. The van der Waals surface area contributed by atoms with Crippen LogP contribution in [0.1, 0.15) is 29.2 Å². The van der Waals surface area contributed by atoms with Crippen molar-refractivity contribution >= 4 is 5.91 Å². The molecule has 0 saturated heterocycles. The second-order valence-electron chi connectivity index (χ2n) is 6.39. The second-order valence-corrected chi connectivity index (χ2v) is 6.39. The van der Waals surface area contributed by atoms with Crippen molar-refractivity contribution in [2.24, 2.45) is 0 Å². The summed E-state index contributed by atoms with van der Waals surface area (Å²) in [6.07, 6.45) is 7.46. The summed E-state index contributed by atoms with van der Waals surface area (Å²) in [4.78, 5) is 21.2. The molecule has 27 heavy (non-hydrogen) atoms. The molecule has 1 amide bonds. The van der Waals surface area contributed by atoms with Gasteiger partial charge >= 0.3 is 0 Å². The van der Waals surface area contributed by atoms with Crippen molar-refractivity contribution in [2.45, 2.75) is 25.2 Å². The number of amides is 1. The van der Waals surface area contributed by atoms with Gasteiger partial charge in [0.15, 0.2) is 0 Å². The molecule has 3 rings (SSSR count). The van der Waals surface area contributed by atoms with E-state index in [4.69, 9.17) is 0 Å². The van der Waals surface area contributed by atoms with Gasteiger partial charge in [-0.05, 0) is 54.3 Å². The molecule has 2 heterocycles. The maximum Gasteiger partial charge on any atom is 0.227 e. The third-order valence-electron chi connectivity index (χ3n) is 4.39. The van der Waals surface area contributed by atoms with Gasteiger partial charge in [0.2, 0.25) is 5.91 Å². The molecule has 138 valence electrons. The van der Waals surface area contributed by atoms with Crippen LogP contribution in [0.5, 0.6) is 0 Å². The zero-order valence-electron chi connectivity index (χ0n) is 15.0. The van der Waals surface area contributed by atoms with Crippen LogP contribution in [0.2, 0.25) is 0 Å². The van der Waals surface area contributed by atoms with Crippen molar-refractivity contribution in [3.63, 3.8) is 0 Å². The Morgan fingerprint density at radius 1 is 1.04 bits per heavy atom. The minimum Gasteiger partial charge on any atom is -0.356 e. The molecule has 0 fully saturated rings. The molecule has 0 spiro atoms. The van der Waals surface area contributed by atoms with Crippen molar-refractivity contribution < 1.29 is 9.18 Å². The Morgan fingerprint density at radius 2 is 1.89 bits per heavy atom. The number of benzene rings is 1. The fourth-order valence-electron chi connectivity index (χ4n) is 2.96. The molecule has 1 unspecified atom stereocenters. The van der Waals surface area contributed by atoms with Crippen LogP contribution in [-0.2, 0) is 17.6 Å². The summed E-state index contributed by atoms with van der Waals surface area (Å²) in [7, 11) is 0. The van der Waals surface area contributed by atoms with Crippen molar-refractivity contribution in [1.29, 1.82) is 0 Å². The first-order chi connectivity index (χ1) is 13.2. The molecule has 0 aliphatic heterocycles. The number of nitrogens with zero attached hydrogens (tertiary/aromatic N) is 2. The van der Waals surface area contributed by atoms with Crippen molar-refractivity contribution in [1.82, 2.24) is 15.3 Å². The molecule has 1 aromatic carbocycles. The number of aryl methyl sites for hydroxylation is 1. The first kappa shape index (κ1) is 18.7. The van der Waals surface area contributed by atoms with E-state index in [9.17, 15) is 9.18 Å². The molecule has 4 nitrogen and oxygen atoms in total. The Morgan fingerprint density at radius 3 is 2.59 bits per heavy atom. The number of hydrogen-bond acceptors (Lipinski definition) is 3. The number of carbonyl (C=O) groups is 1. The van der Waals surface area contributed by atoms with Gasteiger partial charge in [-0.25, -0.2) is 4.39 Å². The van der Waals surface area contributed by atoms with E-state index < -0.39 is 5.92 Å². The summed E-state index contributed by atoms with van der Waals surface area (Å²) in [5, 5.41) is 3.01. The van der Waals surface area contributed by atoms with Crippen LogP contribution in [0.4, 0.5) is 4.39 Å². The fraction of sp³-hybridized carbons (Fsp3) is 0.227. The van der Waals surface area contributed by atoms with Gasteiger partial charge in [0.25, 0.3) is 0 Å². The largest absolute Gasteiger partial charge is 0.356 e. The van der Waals surface area contributed by atoms with E-state index in [1.165, 1.54) is 12.1 Å². The number of aromatic nitrogens is 2. The quantitative estimate of drug-likeness (QED) is 0.621. The lowest BCUT2D eigenvalue weighted by atomic mass is 9.93. The third kappa shape index (κ3) is 5.71. The van der Waals surface area contributed by atoms with Gasteiger partial charge in [-0.3, -0.25) is 14.8 Å². The zero-order chi connectivity index (χ0) is 18.9. The van der Waals surface area contributed by atoms with Crippen molar-refractivity contribution in [2.75, 3.05) is 6.54 Å². The van der Waals surface area contributed by atoms with Crippen LogP contribution in [0.3, 0.4) is 0 Å². The molecular formula is C22H22FN3O. The Hall–Kier alpha value is -3.08. The van der Waals surface area contributed by atoms with Gasteiger partial charge in [0, 0.05) is 37.3 Å². The third-order valence-corrected chi connectivity index (χ3v) is 4.39. The number of carbonyl (C=O) groups excluding carboxylic acids is 1. The summed E-state index contributed by atoms with van der Waals surface area (Å²) in [6, 6.07) is 15.7. The smallest absolute Gasteiger partial charge is 0.227 e. The van der Waals surface area contributed by atoms with E-state index in [2.05, 4.69) is 15.3 Å². The fourth-order valence-corrected chi connectivity index (χ4v) is 2.96. The standard InChI is InChI=1S/C22H22FN3O/c23-19-10-8-18(9-11-19)21(15-20-7-1-2-13-25-20)22(27)26-14-4-6-17-5-3-12-24-16-17/h1-3,5,7-13,16,21H,4,6,14-15H2,(H,26,27). The van der Waals surface area contributed by atoms with Crippen molar-refractivity contribution in [3.8, 4) is 0 Å². The predicted octanol–water partition coefficient (Wildman–Crippen LogP) is 3.69. The van der Waals surface area contributed by atoms with Gasteiger partial charge in [-0.15, -0.1) is 0 Å². The van der Waals surface area contributed by atoms with E-state index in [0.717, 1.165) is 29.7 Å². The van der Waals surface area contributed by atoms with Crippen LogP contribution in [-0.4, -0.2) is 22.4 Å². The van der Waals surface area contributed by atoms with E-state index in [-0.39, 0.29) is 11.7 Å². The highest BCUT2D eigenvalue weighted by Gasteiger charge is 2.21. The van der Waals surface area contributed by atoms with Crippen molar-refractivity contribution in [3.05, 3.63) is 95.8 Å². The predicted molar refractivity (Wildman–Crippen MR) is 103 cm³/mol. The topological polar surface area (TPSA) is 54.9 Å². The van der Waals surface area contributed by atoms with Crippen LogP contribution in [0.25, 0.3) is 0 Å². The van der Waals surface area contributed by atoms with E-state index in [0.29, 0.717) is 13.0 Å². The number of hydrogen-bond donors (Lipinski definition) is 1. The van der Waals surface area contributed by atoms with Crippen LogP contribution < -0.4 is 5.32 Å². The van der Waals surface area contributed by atoms with E-state index in [1.807, 2.05) is 36.5 Å². The van der Waals surface area contributed by atoms with Gasteiger partial charge < -0.3 is 5.32 Å². The average Bonchev–Trinajstić information content (AvgIpc) is 2.72. The first-order valence-corrected chi connectivity index (χ1v) is 9.04. The lowest BCUT2D eigenvalue weighted by molar-refractivity contribution is -0.122. The summed E-state index contributed by atoms with van der Waals surface area (Å²) in [6.45, 7) is 0.577. The Bertz CT molecular complexity index is 838. The van der Waals surface area contributed by atoms with E-state index in [1.54, 1.807) is 24.5 Å². The molecule has 5 heteroatoms. The highest BCUT2D eigenvalue weighted by Crippen LogP contribution is 2.21. The van der Waals surface area contributed by atoms with Crippen LogP contribution in [0.15, 0.2) is 73.2 Å². The SMILES string of the molecule is O=C(NCCCc1cccnc1)C(Cc1ccccn1)c1ccc(F)cc1. The molecule has 0 radical (unpaired) electrons. The molecule has 0 aliphatic carbocycles. The molecule has 0 aliphatic rings. The van der Waals surface area contributed by atoms with Gasteiger partial charge in [-0.1, -0.05) is 24.3 Å². The summed E-state index contributed by atoms with van der Waals surface area (Å²) in [5.41, 5.74) is 2.76. The highest BCUT2D eigenvalue weighted by atomic mass is 19.1. The minimum absolute atomic E-state index is 0.0709. The van der Waals surface area contributed by atoms with Crippen LogP contribution in [0, 0.1) is 5.82 Å². The second kappa shape index (κ2) is 9.57. The lowest BCUT2D eigenvalue weighted by Gasteiger charge is -2.17. The van der Waals surface area contributed by atoms with E-state index >= 15 is 0 Å². The first-order valence-electron chi connectivity index (χ1n) is 9.04. The summed E-state index contributed by atoms with van der Waals surface area (Å²) >= 11 is 0. The Kier molecular flexibility index (Phi) is 6.63. The van der Waals surface area contributed by atoms with Gasteiger partial charge in [0.05, 0.1) is 5.92 Å². The highest BCUT2D eigenvalue weighted by molar-refractivity contribution is 5.83. The maximum atomic E-state index is 13.3. The summed E-state index contributed by atoms with van der Waals surface area (Å²) < 4.78 is 13.3. The van der Waals surface area contributed by atoms with Gasteiger partial charge in [-0.2, -0.15) is 0 Å². The molecular weight excluding hydrogens is 341 g/mol. The van der Waals surface area contributed by atoms with Crippen LogP contribution >= 0.6 is 0 Å². The number of nitrogens with one attached hydrogen (secondary N) is 1. The molecule has 1 atom stereocenters. The minimum atomic E-state index is -0.404. The Balaban J connectivity index is 1.62. The molecule has 2 aromatic heterocycles. The average molecular weight is 363 g/mol. The summed E-state index contributed by atoms with van der Waals surface area (Å²) in [5.74, 6) is -0.787. The zero-order valence-corrected chi connectivity index (χ0v) is 15.0. The number of halogens is 1. The Labute approximate surface area is 158 Å². The molecule has 3 aromatic rings. The molecule has 0 saturated carbocycles. The number of rotatable bonds is 8. The number of pyridine rings is 2. The maximum absolute atomic E-state index is 13.3. The molecule has 0 bridgehead atoms. The normalized spacial score (nSPS) is 11.7. The monoisotopic (exact) mass is 363 g/mol.